The Bertz CT molecular complexity index is 295. The van der Waals surface area contributed by atoms with Crippen molar-refractivity contribution in [1.29, 1.82) is 0 Å². The minimum absolute atomic E-state index is 0.115. The van der Waals surface area contributed by atoms with Gasteiger partial charge in [-0.05, 0) is 18.9 Å². The molecule has 1 aromatic carbocycles. The third-order valence-corrected chi connectivity index (χ3v) is 2.24. The third-order valence-electron chi connectivity index (χ3n) is 2.24. The Morgan fingerprint density at radius 3 is 2.60 bits per heavy atom. The number of aliphatic hydroxyl groups is 1. The Labute approximate surface area is 91.6 Å². The van der Waals surface area contributed by atoms with Crippen molar-refractivity contribution < 1.29 is 5.11 Å². The highest BCUT2D eigenvalue weighted by atomic mass is 16.3. The van der Waals surface area contributed by atoms with E-state index in [1.807, 2.05) is 25.1 Å². The molecule has 2 heteroatoms. The first-order valence-corrected chi connectivity index (χ1v) is 5.25. The molecule has 1 unspecified atom stereocenters. The summed E-state index contributed by atoms with van der Waals surface area (Å²) in [5.74, 6) is 0. The molecule has 0 saturated heterocycles. The fourth-order valence-electron chi connectivity index (χ4n) is 1.42. The molecular formula is C13H19NO. The summed E-state index contributed by atoms with van der Waals surface area (Å²) in [5, 5.41) is 12.5. The van der Waals surface area contributed by atoms with Gasteiger partial charge in [0.05, 0.1) is 6.61 Å². The van der Waals surface area contributed by atoms with Gasteiger partial charge < -0.3 is 10.4 Å². The first-order valence-electron chi connectivity index (χ1n) is 5.25. The van der Waals surface area contributed by atoms with Crippen molar-refractivity contribution in [2.24, 2.45) is 0 Å². The predicted octanol–water partition coefficient (Wildman–Crippen LogP) is 1.76. The van der Waals surface area contributed by atoms with Gasteiger partial charge in [0, 0.05) is 12.6 Å². The van der Waals surface area contributed by atoms with Crippen LogP contribution in [0.5, 0.6) is 0 Å². The number of hydrogen-bond acceptors (Lipinski definition) is 2. The van der Waals surface area contributed by atoms with Crippen LogP contribution < -0.4 is 5.32 Å². The molecule has 0 aliphatic heterocycles. The van der Waals surface area contributed by atoms with Gasteiger partial charge in [0.15, 0.2) is 0 Å². The van der Waals surface area contributed by atoms with Gasteiger partial charge in [0.25, 0.3) is 0 Å². The molecule has 0 saturated carbocycles. The molecule has 0 aliphatic carbocycles. The van der Waals surface area contributed by atoms with Crippen LogP contribution in [-0.4, -0.2) is 24.3 Å². The SMILES string of the molecule is C=C(C)CNC(CO)Cc1ccccc1. The molecule has 82 valence electrons. The predicted molar refractivity (Wildman–Crippen MR) is 63.8 cm³/mol. The van der Waals surface area contributed by atoms with Crippen LogP contribution in [0.3, 0.4) is 0 Å². The lowest BCUT2D eigenvalue weighted by Gasteiger charge is -2.16. The average molecular weight is 205 g/mol. The maximum Gasteiger partial charge on any atom is 0.0587 e. The van der Waals surface area contributed by atoms with Crippen LogP contribution in [0.4, 0.5) is 0 Å². The molecule has 1 rings (SSSR count). The van der Waals surface area contributed by atoms with Crippen molar-refractivity contribution in [3.8, 4) is 0 Å². The molecule has 0 aliphatic rings. The summed E-state index contributed by atoms with van der Waals surface area (Å²) in [4.78, 5) is 0. The summed E-state index contributed by atoms with van der Waals surface area (Å²) in [5.41, 5.74) is 2.33. The van der Waals surface area contributed by atoms with Gasteiger partial charge >= 0.3 is 0 Å². The molecule has 0 spiro atoms. The summed E-state index contributed by atoms with van der Waals surface area (Å²) in [6.07, 6.45) is 0.852. The summed E-state index contributed by atoms with van der Waals surface area (Å²) in [6, 6.07) is 10.3. The van der Waals surface area contributed by atoms with Crippen molar-refractivity contribution in [1.82, 2.24) is 5.32 Å². The second-order valence-electron chi connectivity index (χ2n) is 3.91. The molecule has 15 heavy (non-hydrogen) atoms. The number of rotatable bonds is 6. The standard InChI is InChI=1S/C13H19NO/c1-11(2)9-14-13(10-15)8-12-6-4-3-5-7-12/h3-7,13-15H,1,8-10H2,2H3. The smallest absolute Gasteiger partial charge is 0.0587 e. The summed E-state index contributed by atoms with van der Waals surface area (Å²) < 4.78 is 0. The summed E-state index contributed by atoms with van der Waals surface area (Å²) >= 11 is 0. The van der Waals surface area contributed by atoms with E-state index in [0.717, 1.165) is 18.5 Å². The van der Waals surface area contributed by atoms with E-state index < -0.39 is 0 Å². The van der Waals surface area contributed by atoms with E-state index in [1.54, 1.807) is 0 Å². The fraction of sp³-hybridized carbons (Fsp3) is 0.385. The van der Waals surface area contributed by atoms with E-state index in [0.29, 0.717) is 0 Å². The molecular weight excluding hydrogens is 186 g/mol. The number of nitrogens with one attached hydrogen (secondary N) is 1. The van der Waals surface area contributed by atoms with Gasteiger partial charge in [-0.2, -0.15) is 0 Å². The van der Waals surface area contributed by atoms with Crippen molar-refractivity contribution >= 4 is 0 Å². The lowest BCUT2D eigenvalue weighted by Crippen LogP contribution is -2.35. The number of aliphatic hydroxyl groups excluding tert-OH is 1. The zero-order valence-electron chi connectivity index (χ0n) is 9.24. The molecule has 0 radical (unpaired) electrons. The van der Waals surface area contributed by atoms with E-state index in [2.05, 4.69) is 24.0 Å². The Morgan fingerprint density at radius 2 is 2.07 bits per heavy atom. The van der Waals surface area contributed by atoms with Gasteiger partial charge in [0.2, 0.25) is 0 Å². The van der Waals surface area contributed by atoms with Gasteiger partial charge in [0.1, 0.15) is 0 Å². The fourth-order valence-corrected chi connectivity index (χ4v) is 1.42. The Balaban J connectivity index is 2.43. The molecule has 2 N–H and O–H groups in total. The lowest BCUT2D eigenvalue weighted by molar-refractivity contribution is 0.244. The van der Waals surface area contributed by atoms with Crippen molar-refractivity contribution in [2.75, 3.05) is 13.2 Å². The topological polar surface area (TPSA) is 32.3 Å². The number of benzene rings is 1. The average Bonchev–Trinajstić information content (AvgIpc) is 2.25. The molecule has 2 nitrogen and oxygen atoms in total. The van der Waals surface area contributed by atoms with Crippen LogP contribution in [0.25, 0.3) is 0 Å². The second-order valence-corrected chi connectivity index (χ2v) is 3.91. The Kier molecular flexibility index (Phi) is 5.08. The largest absolute Gasteiger partial charge is 0.395 e. The van der Waals surface area contributed by atoms with Crippen LogP contribution in [0.1, 0.15) is 12.5 Å². The van der Waals surface area contributed by atoms with Crippen LogP contribution in [0.15, 0.2) is 42.5 Å². The van der Waals surface area contributed by atoms with Crippen LogP contribution in [-0.2, 0) is 6.42 Å². The number of hydrogen-bond donors (Lipinski definition) is 2. The summed E-state index contributed by atoms with van der Waals surface area (Å²) in [6.45, 7) is 6.72. The quantitative estimate of drug-likeness (QED) is 0.694. The van der Waals surface area contributed by atoms with E-state index in [4.69, 9.17) is 0 Å². The van der Waals surface area contributed by atoms with Crippen LogP contribution >= 0.6 is 0 Å². The highest BCUT2D eigenvalue weighted by Gasteiger charge is 2.06. The maximum absolute atomic E-state index is 9.21. The minimum atomic E-state index is 0.115. The van der Waals surface area contributed by atoms with Crippen LogP contribution in [0, 0.1) is 0 Å². The second kappa shape index (κ2) is 6.38. The zero-order chi connectivity index (χ0) is 11.1. The first-order chi connectivity index (χ1) is 7.22. The molecule has 0 bridgehead atoms. The molecule has 0 heterocycles. The van der Waals surface area contributed by atoms with Gasteiger partial charge in [-0.25, -0.2) is 0 Å². The molecule has 0 amide bonds. The van der Waals surface area contributed by atoms with E-state index in [-0.39, 0.29) is 12.6 Å². The van der Waals surface area contributed by atoms with Crippen LogP contribution in [0.2, 0.25) is 0 Å². The Hall–Kier alpha value is -1.12. The lowest BCUT2D eigenvalue weighted by atomic mass is 10.1. The molecule has 1 atom stereocenters. The maximum atomic E-state index is 9.21. The Morgan fingerprint density at radius 1 is 1.40 bits per heavy atom. The third kappa shape index (κ3) is 4.77. The van der Waals surface area contributed by atoms with Gasteiger partial charge in [-0.1, -0.05) is 42.5 Å². The van der Waals surface area contributed by atoms with E-state index in [9.17, 15) is 5.11 Å². The molecule has 0 fully saturated rings. The zero-order valence-corrected chi connectivity index (χ0v) is 9.24. The highest BCUT2D eigenvalue weighted by Crippen LogP contribution is 2.03. The molecule has 0 aromatic heterocycles. The van der Waals surface area contributed by atoms with Crippen molar-refractivity contribution in [2.45, 2.75) is 19.4 Å². The summed E-state index contributed by atoms with van der Waals surface area (Å²) in [7, 11) is 0. The normalized spacial score (nSPS) is 12.4. The highest BCUT2D eigenvalue weighted by molar-refractivity contribution is 5.16. The van der Waals surface area contributed by atoms with Gasteiger partial charge in [-0.3, -0.25) is 0 Å². The first kappa shape index (κ1) is 12.0. The van der Waals surface area contributed by atoms with E-state index >= 15 is 0 Å². The van der Waals surface area contributed by atoms with Crippen molar-refractivity contribution in [3.05, 3.63) is 48.0 Å². The van der Waals surface area contributed by atoms with Crippen molar-refractivity contribution in [3.63, 3.8) is 0 Å². The van der Waals surface area contributed by atoms with E-state index in [1.165, 1.54) is 5.56 Å². The monoisotopic (exact) mass is 205 g/mol. The molecule has 1 aromatic rings. The van der Waals surface area contributed by atoms with Gasteiger partial charge in [-0.15, -0.1) is 0 Å². The minimum Gasteiger partial charge on any atom is -0.395 e.